The molecule has 1 heterocycles. The van der Waals surface area contributed by atoms with Gasteiger partial charge in [0.15, 0.2) is 0 Å². The van der Waals surface area contributed by atoms with Gasteiger partial charge >= 0.3 is 0 Å². The zero-order valence-corrected chi connectivity index (χ0v) is 15.9. The van der Waals surface area contributed by atoms with E-state index < -0.39 is 6.10 Å². The predicted octanol–water partition coefficient (Wildman–Crippen LogP) is 4.20. The van der Waals surface area contributed by atoms with Crippen LogP contribution >= 0.6 is 47.8 Å². The van der Waals surface area contributed by atoms with E-state index in [2.05, 4.69) is 52.7 Å². The van der Waals surface area contributed by atoms with Crippen molar-refractivity contribution in [3.05, 3.63) is 25.6 Å². The Morgan fingerprint density at radius 3 is 2.30 bits per heavy atom. The molecule has 3 nitrogen and oxygen atoms in total. The van der Waals surface area contributed by atoms with Crippen LogP contribution < -0.4 is 4.74 Å². The zero-order valence-electron chi connectivity index (χ0n) is 11.1. The molecular formula is C14H18Br3NO2. The molecule has 1 N–H and O–H groups in total. The molecule has 1 aliphatic rings. The molecule has 1 aromatic carbocycles. The molecule has 0 amide bonds. The summed E-state index contributed by atoms with van der Waals surface area (Å²) in [4.78, 5) is 2.31. The van der Waals surface area contributed by atoms with Crippen LogP contribution in [0, 0.1) is 0 Å². The van der Waals surface area contributed by atoms with Gasteiger partial charge in [0.1, 0.15) is 18.5 Å². The Labute approximate surface area is 145 Å². The summed E-state index contributed by atoms with van der Waals surface area (Å²) in [6.45, 7) is 3.16. The molecule has 0 aromatic heterocycles. The molecule has 2 rings (SSSR count). The summed E-state index contributed by atoms with van der Waals surface area (Å²) in [6.07, 6.45) is 3.31. The van der Waals surface area contributed by atoms with Crippen LogP contribution in [0.15, 0.2) is 25.6 Å². The quantitative estimate of drug-likeness (QED) is 0.698. The van der Waals surface area contributed by atoms with Crippen LogP contribution in [0.2, 0.25) is 0 Å². The first kappa shape index (κ1) is 16.7. The van der Waals surface area contributed by atoms with Gasteiger partial charge in [-0.2, -0.15) is 0 Å². The summed E-state index contributed by atoms with van der Waals surface area (Å²) < 4.78 is 8.43. The molecule has 1 saturated heterocycles. The van der Waals surface area contributed by atoms with E-state index in [1.807, 2.05) is 12.1 Å². The second-order valence-electron chi connectivity index (χ2n) is 5.02. The topological polar surface area (TPSA) is 32.7 Å². The summed E-state index contributed by atoms with van der Waals surface area (Å²) in [6, 6.07) is 3.86. The van der Waals surface area contributed by atoms with Crippen LogP contribution in [0.1, 0.15) is 19.3 Å². The molecule has 1 atom stereocenters. The smallest absolute Gasteiger partial charge is 0.147 e. The highest BCUT2D eigenvalue weighted by Crippen LogP contribution is 2.36. The fourth-order valence-corrected chi connectivity index (χ4v) is 4.83. The molecule has 20 heavy (non-hydrogen) atoms. The molecule has 1 fully saturated rings. The number of likely N-dealkylation sites (tertiary alicyclic amines) is 1. The summed E-state index contributed by atoms with van der Waals surface area (Å²) in [5, 5.41) is 10.1. The van der Waals surface area contributed by atoms with Crippen LogP contribution in [-0.2, 0) is 0 Å². The maximum atomic E-state index is 10.1. The molecule has 0 bridgehead atoms. The molecule has 0 unspecified atom stereocenters. The lowest BCUT2D eigenvalue weighted by Crippen LogP contribution is -2.38. The highest BCUT2D eigenvalue weighted by Gasteiger charge is 2.16. The van der Waals surface area contributed by atoms with Gasteiger partial charge in [-0.05, 0) is 69.9 Å². The van der Waals surface area contributed by atoms with E-state index in [0.29, 0.717) is 13.2 Å². The number of rotatable bonds is 5. The fourth-order valence-electron chi connectivity index (χ4n) is 2.34. The number of ether oxygens (including phenoxy) is 1. The SMILES string of the molecule is O[C@@H](COc1c(Br)cc(Br)cc1Br)CN1CCCCC1. The van der Waals surface area contributed by atoms with Gasteiger partial charge in [0.25, 0.3) is 0 Å². The number of aliphatic hydroxyl groups excluding tert-OH is 1. The van der Waals surface area contributed by atoms with E-state index in [1.165, 1.54) is 19.3 Å². The first-order valence-electron chi connectivity index (χ1n) is 6.74. The average Bonchev–Trinajstić information content (AvgIpc) is 2.38. The largest absolute Gasteiger partial charge is 0.488 e. The molecule has 1 aromatic rings. The Morgan fingerprint density at radius 1 is 1.10 bits per heavy atom. The zero-order chi connectivity index (χ0) is 14.5. The van der Waals surface area contributed by atoms with Crippen LogP contribution in [0.25, 0.3) is 0 Å². The van der Waals surface area contributed by atoms with Crippen LogP contribution in [0.4, 0.5) is 0 Å². The number of hydrogen-bond donors (Lipinski definition) is 1. The Kier molecular flexibility index (Phi) is 6.81. The van der Waals surface area contributed by atoms with E-state index >= 15 is 0 Å². The van der Waals surface area contributed by atoms with E-state index in [4.69, 9.17) is 4.74 Å². The average molecular weight is 472 g/mol. The Hall–Kier alpha value is 0.380. The third-order valence-electron chi connectivity index (χ3n) is 3.30. The maximum Gasteiger partial charge on any atom is 0.147 e. The van der Waals surface area contributed by atoms with Gasteiger partial charge in [-0.1, -0.05) is 22.4 Å². The molecule has 0 saturated carbocycles. The van der Waals surface area contributed by atoms with Crippen molar-refractivity contribution in [2.75, 3.05) is 26.2 Å². The summed E-state index contributed by atoms with van der Waals surface area (Å²) in [5.74, 6) is 0.728. The normalized spacial score (nSPS) is 18.0. The summed E-state index contributed by atoms with van der Waals surface area (Å²) >= 11 is 10.4. The number of aliphatic hydroxyl groups is 1. The lowest BCUT2D eigenvalue weighted by molar-refractivity contribution is 0.0612. The number of benzene rings is 1. The van der Waals surface area contributed by atoms with Crippen molar-refractivity contribution in [3.63, 3.8) is 0 Å². The molecule has 1 aliphatic heterocycles. The van der Waals surface area contributed by atoms with Crippen LogP contribution in [0.5, 0.6) is 5.75 Å². The molecule has 0 radical (unpaired) electrons. The van der Waals surface area contributed by atoms with Crippen LogP contribution in [-0.4, -0.2) is 42.4 Å². The van der Waals surface area contributed by atoms with E-state index in [9.17, 15) is 5.11 Å². The Balaban J connectivity index is 1.85. The van der Waals surface area contributed by atoms with Crippen molar-refractivity contribution in [3.8, 4) is 5.75 Å². The van der Waals surface area contributed by atoms with Crippen molar-refractivity contribution in [1.82, 2.24) is 4.90 Å². The van der Waals surface area contributed by atoms with Crippen molar-refractivity contribution < 1.29 is 9.84 Å². The van der Waals surface area contributed by atoms with Gasteiger partial charge in [-0.15, -0.1) is 0 Å². The summed E-state index contributed by atoms with van der Waals surface area (Å²) in [7, 11) is 0. The fraction of sp³-hybridized carbons (Fsp3) is 0.571. The number of piperidine rings is 1. The van der Waals surface area contributed by atoms with Gasteiger partial charge in [-0.25, -0.2) is 0 Å². The molecule has 0 aliphatic carbocycles. The Morgan fingerprint density at radius 2 is 1.70 bits per heavy atom. The first-order valence-corrected chi connectivity index (χ1v) is 9.12. The molecule has 0 spiro atoms. The van der Waals surface area contributed by atoms with Gasteiger partial charge in [-0.3, -0.25) is 0 Å². The number of β-amino-alcohol motifs (C(OH)–C–C–N with tert-alkyl or cyclic N) is 1. The third kappa shape index (κ3) is 4.98. The lowest BCUT2D eigenvalue weighted by atomic mass is 10.1. The van der Waals surface area contributed by atoms with Gasteiger partial charge < -0.3 is 14.7 Å². The van der Waals surface area contributed by atoms with Gasteiger partial charge in [0, 0.05) is 11.0 Å². The first-order chi connectivity index (χ1) is 9.56. The second kappa shape index (κ2) is 8.13. The molecule has 6 heteroatoms. The minimum absolute atomic E-state index is 0.301. The maximum absolute atomic E-state index is 10.1. The monoisotopic (exact) mass is 469 g/mol. The Bertz CT molecular complexity index is 427. The van der Waals surface area contributed by atoms with Crippen molar-refractivity contribution in [1.29, 1.82) is 0 Å². The highest BCUT2D eigenvalue weighted by atomic mass is 79.9. The van der Waals surface area contributed by atoms with Gasteiger partial charge in [0.05, 0.1) is 8.95 Å². The van der Waals surface area contributed by atoms with Crippen molar-refractivity contribution in [2.45, 2.75) is 25.4 Å². The highest BCUT2D eigenvalue weighted by molar-refractivity contribution is 9.11. The number of halogens is 3. The van der Waals surface area contributed by atoms with Crippen LogP contribution in [0.3, 0.4) is 0 Å². The molecular weight excluding hydrogens is 454 g/mol. The third-order valence-corrected chi connectivity index (χ3v) is 4.94. The predicted molar refractivity (Wildman–Crippen MR) is 91.3 cm³/mol. The lowest BCUT2D eigenvalue weighted by Gasteiger charge is -2.28. The number of nitrogens with zero attached hydrogens (tertiary/aromatic N) is 1. The van der Waals surface area contributed by atoms with E-state index in [-0.39, 0.29) is 0 Å². The van der Waals surface area contributed by atoms with E-state index in [0.717, 1.165) is 32.3 Å². The van der Waals surface area contributed by atoms with Gasteiger partial charge in [0.2, 0.25) is 0 Å². The number of hydrogen-bond acceptors (Lipinski definition) is 3. The van der Waals surface area contributed by atoms with Crippen molar-refractivity contribution >= 4 is 47.8 Å². The molecule has 112 valence electrons. The minimum Gasteiger partial charge on any atom is -0.488 e. The minimum atomic E-state index is -0.462. The standard InChI is InChI=1S/C14H18Br3NO2/c15-10-6-12(16)14(13(17)7-10)20-9-11(19)8-18-4-2-1-3-5-18/h6-7,11,19H,1-5,8-9H2/t11-/m1/s1. The summed E-state index contributed by atoms with van der Waals surface area (Å²) in [5.41, 5.74) is 0. The second-order valence-corrected chi connectivity index (χ2v) is 7.65. The van der Waals surface area contributed by atoms with Crippen molar-refractivity contribution in [2.24, 2.45) is 0 Å². The van der Waals surface area contributed by atoms with E-state index in [1.54, 1.807) is 0 Å².